The maximum absolute atomic E-state index is 11.3. The molecule has 1 aromatic heterocycles. The van der Waals surface area contributed by atoms with Gasteiger partial charge in [0.15, 0.2) is 0 Å². The van der Waals surface area contributed by atoms with Crippen molar-refractivity contribution in [3.63, 3.8) is 0 Å². The van der Waals surface area contributed by atoms with Gasteiger partial charge in [-0.05, 0) is 12.5 Å². The zero-order chi connectivity index (χ0) is 11.8. The van der Waals surface area contributed by atoms with Crippen LogP contribution in [-0.4, -0.2) is 13.6 Å². The molecule has 2 rings (SSSR count). The molecule has 0 saturated heterocycles. The first kappa shape index (κ1) is 10.8. The average molecular weight is 238 g/mol. The third-order valence-electron chi connectivity index (χ3n) is 2.15. The van der Waals surface area contributed by atoms with Crippen molar-refractivity contribution in [2.24, 2.45) is 5.14 Å². The fourth-order valence-corrected chi connectivity index (χ4v) is 2.17. The number of hydrogen-bond donors (Lipinski definition) is 1. The Morgan fingerprint density at radius 2 is 1.88 bits per heavy atom. The highest BCUT2D eigenvalue weighted by Crippen LogP contribution is 2.29. The van der Waals surface area contributed by atoms with Gasteiger partial charge in [-0.15, -0.1) is 0 Å². The van der Waals surface area contributed by atoms with Crippen molar-refractivity contribution in [3.05, 3.63) is 36.0 Å². The third-order valence-corrected chi connectivity index (χ3v) is 2.95. The third kappa shape index (κ3) is 1.84. The first-order valence-electron chi connectivity index (χ1n) is 4.54. The Morgan fingerprint density at radius 3 is 2.44 bits per heavy atom. The van der Waals surface area contributed by atoms with Crippen LogP contribution in [0.2, 0.25) is 0 Å². The van der Waals surface area contributed by atoms with E-state index in [2.05, 4.69) is 5.16 Å². The molecule has 0 radical (unpaired) electrons. The lowest BCUT2D eigenvalue weighted by Gasteiger charge is -2.00. The zero-order valence-corrected chi connectivity index (χ0v) is 9.36. The van der Waals surface area contributed by atoms with Gasteiger partial charge in [-0.25, -0.2) is 13.6 Å². The van der Waals surface area contributed by atoms with Crippen LogP contribution >= 0.6 is 0 Å². The van der Waals surface area contributed by atoms with Crippen LogP contribution in [0.15, 0.2) is 39.9 Å². The second-order valence-corrected chi connectivity index (χ2v) is 4.80. The van der Waals surface area contributed by atoms with Crippen molar-refractivity contribution in [2.45, 2.75) is 12.0 Å². The summed E-state index contributed by atoms with van der Waals surface area (Å²) in [6.45, 7) is 1.67. The Morgan fingerprint density at radius 1 is 1.25 bits per heavy atom. The highest BCUT2D eigenvalue weighted by Gasteiger charge is 2.23. The standard InChI is InChI=1S/C10H10N2O3S/c1-7-9(8-5-3-2-4-6-8)10(15-12-7)16(11,13)14/h2-6H,1H3,(H2,11,13,14). The molecule has 0 aliphatic heterocycles. The predicted octanol–water partition coefficient (Wildman–Crippen LogP) is 1.30. The van der Waals surface area contributed by atoms with Gasteiger partial charge in [0, 0.05) is 0 Å². The van der Waals surface area contributed by atoms with Crippen LogP contribution in [-0.2, 0) is 10.0 Å². The molecule has 6 heteroatoms. The van der Waals surface area contributed by atoms with E-state index in [-0.39, 0.29) is 5.09 Å². The molecule has 0 aliphatic rings. The molecule has 0 fully saturated rings. The molecule has 5 nitrogen and oxygen atoms in total. The normalized spacial score (nSPS) is 11.6. The molecule has 16 heavy (non-hydrogen) atoms. The van der Waals surface area contributed by atoms with Crippen LogP contribution in [0.25, 0.3) is 11.1 Å². The molecule has 0 spiro atoms. The number of nitrogens with two attached hydrogens (primary N) is 1. The van der Waals surface area contributed by atoms with Gasteiger partial charge in [0.25, 0.3) is 15.1 Å². The summed E-state index contributed by atoms with van der Waals surface area (Å²) in [7, 11) is -3.89. The minimum atomic E-state index is -3.89. The second kappa shape index (κ2) is 3.73. The molecule has 0 unspecified atom stereocenters. The van der Waals surface area contributed by atoms with E-state index in [1.807, 2.05) is 6.07 Å². The summed E-state index contributed by atoms with van der Waals surface area (Å²) in [4.78, 5) is 0. The van der Waals surface area contributed by atoms with E-state index in [4.69, 9.17) is 9.66 Å². The summed E-state index contributed by atoms with van der Waals surface area (Å²) in [5, 5.41) is 8.38. The lowest BCUT2D eigenvalue weighted by molar-refractivity contribution is 0.337. The Hall–Kier alpha value is -1.66. The molecule has 2 aromatic rings. The maximum atomic E-state index is 11.3. The monoisotopic (exact) mass is 238 g/mol. The largest absolute Gasteiger partial charge is 0.342 e. The summed E-state index contributed by atoms with van der Waals surface area (Å²) in [6, 6.07) is 8.98. The van der Waals surface area contributed by atoms with Crippen LogP contribution in [0.4, 0.5) is 0 Å². The van der Waals surface area contributed by atoms with Gasteiger partial charge in [0.05, 0.1) is 11.3 Å². The van der Waals surface area contributed by atoms with Crippen LogP contribution in [0.3, 0.4) is 0 Å². The summed E-state index contributed by atoms with van der Waals surface area (Å²) in [5.41, 5.74) is 1.63. The summed E-state index contributed by atoms with van der Waals surface area (Å²) >= 11 is 0. The molecule has 1 aromatic carbocycles. The van der Waals surface area contributed by atoms with Gasteiger partial charge in [-0.1, -0.05) is 35.5 Å². The van der Waals surface area contributed by atoms with E-state index in [9.17, 15) is 8.42 Å². The molecule has 84 valence electrons. The maximum Gasteiger partial charge on any atom is 0.274 e. The van der Waals surface area contributed by atoms with Gasteiger partial charge in [0.2, 0.25) is 0 Å². The molecule has 1 heterocycles. The van der Waals surface area contributed by atoms with E-state index in [1.165, 1.54) is 0 Å². The lowest BCUT2D eigenvalue weighted by Crippen LogP contribution is -2.12. The summed E-state index contributed by atoms with van der Waals surface area (Å²) in [5.74, 6) is 0. The smallest absolute Gasteiger partial charge is 0.274 e. The zero-order valence-electron chi connectivity index (χ0n) is 8.54. The number of sulfonamides is 1. The van der Waals surface area contributed by atoms with Crippen molar-refractivity contribution >= 4 is 10.0 Å². The quantitative estimate of drug-likeness (QED) is 0.854. The topological polar surface area (TPSA) is 86.2 Å². The molecular formula is C10H10N2O3S. The Kier molecular flexibility index (Phi) is 2.53. The Bertz CT molecular complexity index is 602. The highest BCUT2D eigenvalue weighted by molar-refractivity contribution is 7.89. The van der Waals surface area contributed by atoms with Crippen LogP contribution in [0, 0.1) is 6.92 Å². The molecule has 0 bridgehead atoms. The van der Waals surface area contributed by atoms with Gasteiger partial charge < -0.3 is 4.52 Å². The Labute approximate surface area is 92.9 Å². The van der Waals surface area contributed by atoms with Crippen molar-refractivity contribution in [3.8, 4) is 11.1 Å². The van der Waals surface area contributed by atoms with Crippen LogP contribution in [0.5, 0.6) is 0 Å². The molecule has 0 saturated carbocycles. The van der Waals surface area contributed by atoms with Gasteiger partial charge in [-0.3, -0.25) is 0 Å². The van der Waals surface area contributed by atoms with Crippen LogP contribution < -0.4 is 5.14 Å². The number of hydrogen-bond acceptors (Lipinski definition) is 4. The number of nitrogens with zero attached hydrogens (tertiary/aromatic N) is 1. The fourth-order valence-electron chi connectivity index (χ4n) is 1.47. The fraction of sp³-hybridized carbons (Fsp3) is 0.100. The van der Waals surface area contributed by atoms with Crippen molar-refractivity contribution in [1.29, 1.82) is 0 Å². The minimum Gasteiger partial charge on any atom is -0.342 e. The second-order valence-electron chi connectivity index (χ2n) is 3.34. The predicted molar refractivity (Wildman–Crippen MR) is 58.0 cm³/mol. The van der Waals surface area contributed by atoms with Crippen LogP contribution in [0.1, 0.15) is 5.69 Å². The van der Waals surface area contributed by atoms with Gasteiger partial charge in [0.1, 0.15) is 0 Å². The van der Waals surface area contributed by atoms with Crippen molar-refractivity contribution in [2.75, 3.05) is 0 Å². The van der Waals surface area contributed by atoms with E-state index < -0.39 is 10.0 Å². The Balaban J connectivity index is 2.71. The number of aromatic nitrogens is 1. The van der Waals surface area contributed by atoms with E-state index in [0.29, 0.717) is 16.8 Å². The molecule has 2 N–H and O–H groups in total. The number of rotatable bonds is 2. The average Bonchev–Trinajstić information content (AvgIpc) is 2.61. The van der Waals surface area contributed by atoms with Gasteiger partial charge >= 0.3 is 0 Å². The summed E-state index contributed by atoms with van der Waals surface area (Å²) in [6.07, 6.45) is 0. The molecule has 0 aliphatic carbocycles. The number of primary sulfonamides is 1. The first-order chi connectivity index (χ1) is 7.50. The van der Waals surface area contributed by atoms with E-state index in [1.54, 1.807) is 31.2 Å². The molecular weight excluding hydrogens is 228 g/mol. The van der Waals surface area contributed by atoms with Gasteiger partial charge in [-0.2, -0.15) is 0 Å². The number of aryl methyl sites for hydroxylation is 1. The number of benzene rings is 1. The summed E-state index contributed by atoms with van der Waals surface area (Å²) < 4.78 is 27.3. The van der Waals surface area contributed by atoms with Crippen molar-refractivity contribution in [1.82, 2.24) is 5.16 Å². The minimum absolute atomic E-state index is 0.295. The molecule has 0 amide bonds. The van der Waals surface area contributed by atoms with E-state index in [0.717, 1.165) is 0 Å². The molecule has 0 atom stereocenters. The highest BCUT2D eigenvalue weighted by atomic mass is 32.2. The van der Waals surface area contributed by atoms with E-state index >= 15 is 0 Å². The van der Waals surface area contributed by atoms with Crippen molar-refractivity contribution < 1.29 is 12.9 Å². The SMILES string of the molecule is Cc1noc(S(N)(=O)=O)c1-c1ccccc1. The lowest BCUT2D eigenvalue weighted by atomic mass is 10.1. The first-order valence-corrected chi connectivity index (χ1v) is 6.09.